The summed E-state index contributed by atoms with van der Waals surface area (Å²) in [6.07, 6.45) is 0.483. The molecule has 0 aromatic carbocycles. The topological polar surface area (TPSA) is 89.3 Å². The van der Waals surface area contributed by atoms with Crippen molar-refractivity contribution in [1.82, 2.24) is 5.32 Å². The average molecular weight is 262 g/mol. The third kappa shape index (κ3) is 3.67. The van der Waals surface area contributed by atoms with Crippen LogP contribution in [0.1, 0.15) is 27.2 Å². The molecule has 2 atom stereocenters. The summed E-state index contributed by atoms with van der Waals surface area (Å²) in [5.41, 5.74) is 4.94. The largest absolute Gasteiger partial charge is 0.350 e. The molecule has 1 aliphatic rings. The summed E-state index contributed by atoms with van der Waals surface area (Å²) in [7, 11) is -3.00. The van der Waals surface area contributed by atoms with Gasteiger partial charge >= 0.3 is 0 Å². The Morgan fingerprint density at radius 2 is 2.06 bits per heavy atom. The quantitative estimate of drug-likeness (QED) is 0.741. The second kappa shape index (κ2) is 4.94. The van der Waals surface area contributed by atoms with Gasteiger partial charge in [0.15, 0.2) is 9.84 Å². The molecule has 0 aromatic heterocycles. The number of carbonyl (C=O) groups excluding carboxylic acids is 1. The lowest BCUT2D eigenvalue weighted by atomic mass is 9.93. The van der Waals surface area contributed by atoms with Gasteiger partial charge in [-0.15, -0.1) is 0 Å². The van der Waals surface area contributed by atoms with Crippen molar-refractivity contribution in [3.63, 3.8) is 0 Å². The molecule has 0 aliphatic carbocycles. The number of hydrogen-bond acceptors (Lipinski definition) is 4. The molecule has 0 aromatic rings. The van der Waals surface area contributed by atoms with E-state index in [-0.39, 0.29) is 35.8 Å². The van der Waals surface area contributed by atoms with Crippen molar-refractivity contribution >= 4 is 15.7 Å². The molecule has 6 heteroatoms. The van der Waals surface area contributed by atoms with Crippen LogP contribution in [0.3, 0.4) is 0 Å². The van der Waals surface area contributed by atoms with Crippen LogP contribution in [0.5, 0.6) is 0 Å². The highest BCUT2D eigenvalue weighted by Crippen LogP contribution is 2.23. The summed E-state index contributed by atoms with van der Waals surface area (Å²) in [6, 6.07) is 0. The van der Waals surface area contributed by atoms with E-state index in [1.165, 1.54) is 0 Å². The van der Waals surface area contributed by atoms with Gasteiger partial charge < -0.3 is 11.1 Å². The van der Waals surface area contributed by atoms with Crippen LogP contribution in [0.25, 0.3) is 0 Å². The fourth-order valence-electron chi connectivity index (χ4n) is 2.18. The summed E-state index contributed by atoms with van der Waals surface area (Å²) < 4.78 is 22.8. The Bertz CT molecular complexity index is 392. The van der Waals surface area contributed by atoms with Gasteiger partial charge in [-0.3, -0.25) is 4.79 Å². The van der Waals surface area contributed by atoms with Gasteiger partial charge in [0.1, 0.15) is 0 Å². The van der Waals surface area contributed by atoms with Gasteiger partial charge in [-0.2, -0.15) is 0 Å². The predicted molar refractivity (Wildman–Crippen MR) is 67.2 cm³/mol. The zero-order chi connectivity index (χ0) is 13.3. The number of hydrogen-bond donors (Lipinski definition) is 2. The standard InChI is InChI=1S/C11H22N2O3S/c1-8(2)9(6-12)10(14)13-11(3)4-5-17(15,16)7-11/h8-9H,4-7,12H2,1-3H3,(H,13,14). The SMILES string of the molecule is CC(C)C(CN)C(=O)NC1(C)CCS(=O)(=O)C1. The van der Waals surface area contributed by atoms with Crippen molar-refractivity contribution < 1.29 is 13.2 Å². The molecule has 2 unspecified atom stereocenters. The van der Waals surface area contributed by atoms with Crippen molar-refractivity contribution in [1.29, 1.82) is 0 Å². The summed E-state index contributed by atoms with van der Waals surface area (Å²) in [5, 5.41) is 2.85. The van der Waals surface area contributed by atoms with Gasteiger partial charge in [0.05, 0.1) is 23.0 Å². The van der Waals surface area contributed by atoms with E-state index in [0.717, 1.165) is 0 Å². The van der Waals surface area contributed by atoms with Crippen molar-refractivity contribution in [2.75, 3.05) is 18.1 Å². The third-order valence-electron chi connectivity index (χ3n) is 3.32. The first-order chi connectivity index (χ1) is 7.69. The van der Waals surface area contributed by atoms with Gasteiger partial charge in [-0.1, -0.05) is 13.8 Å². The Labute approximate surface area is 103 Å². The van der Waals surface area contributed by atoms with Crippen molar-refractivity contribution in [3.05, 3.63) is 0 Å². The monoisotopic (exact) mass is 262 g/mol. The molecule has 5 nitrogen and oxygen atoms in total. The molecule has 0 bridgehead atoms. The Balaban J connectivity index is 2.69. The summed E-state index contributed by atoms with van der Waals surface area (Å²) in [6.45, 7) is 5.94. The Kier molecular flexibility index (Phi) is 4.19. The summed E-state index contributed by atoms with van der Waals surface area (Å²) in [4.78, 5) is 12.0. The van der Waals surface area contributed by atoms with Crippen molar-refractivity contribution in [3.8, 4) is 0 Å². The van der Waals surface area contributed by atoms with Crippen LogP contribution in [-0.2, 0) is 14.6 Å². The minimum Gasteiger partial charge on any atom is -0.350 e. The van der Waals surface area contributed by atoms with Crippen LogP contribution in [-0.4, -0.2) is 37.9 Å². The molecule has 1 amide bonds. The molecule has 1 rings (SSSR count). The minimum atomic E-state index is -3.00. The number of carbonyl (C=O) groups is 1. The van der Waals surface area contributed by atoms with E-state index >= 15 is 0 Å². The summed E-state index contributed by atoms with van der Waals surface area (Å²) in [5.74, 6) is -0.0568. The molecule has 17 heavy (non-hydrogen) atoms. The third-order valence-corrected chi connectivity index (χ3v) is 5.23. The molecular weight excluding hydrogens is 240 g/mol. The van der Waals surface area contributed by atoms with Crippen LogP contribution >= 0.6 is 0 Å². The molecule has 1 saturated heterocycles. The highest BCUT2D eigenvalue weighted by Gasteiger charge is 2.40. The van der Waals surface area contributed by atoms with Gasteiger partial charge in [0.2, 0.25) is 5.91 Å². The Morgan fingerprint density at radius 3 is 2.41 bits per heavy atom. The van der Waals surface area contributed by atoms with E-state index in [4.69, 9.17) is 5.73 Å². The van der Waals surface area contributed by atoms with Crippen LogP contribution in [0, 0.1) is 11.8 Å². The van der Waals surface area contributed by atoms with Crippen LogP contribution < -0.4 is 11.1 Å². The highest BCUT2D eigenvalue weighted by atomic mass is 32.2. The van der Waals surface area contributed by atoms with E-state index in [0.29, 0.717) is 6.42 Å². The predicted octanol–water partition coefficient (Wildman–Crippen LogP) is -0.0893. The van der Waals surface area contributed by atoms with E-state index in [1.807, 2.05) is 13.8 Å². The van der Waals surface area contributed by atoms with Gasteiger partial charge in [0, 0.05) is 6.54 Å². The molecule has 100 valence electrons. The fourth-order valence-corrected chi connectivity index (χ4v) is 4.27. The van der Waals surface area contributed by atoms with E-state index < -0.39 is 15.4 Å². The zero-order valence-corrected chi connectivity index (χ0v) is 11.5. The maximum absolute atomic E-state index is 12.0. The number of nitrogens with two attached hydrogens (primary N) is 1. The number of amides is 1. The van der Waals surface area contributed by atoms with Crippen LogP contribution in [0.15, 0.2) is 0 Å². The molecule has 0 spiro atoms. The molecule has 0 radical (unpaired) electrons. The maximum atomic E-state index is 12.0. The van der Waals surface area contributed by atoms with E-state index in [2.05, 4.69) is 5.32 Å². The Morgan fingerprint density at radius 1 is 1.47 bits per heavy atom. The number of nitrogens with one attached hydrogen (secondary N) is 1. The number of rotatable bonds is 4. The van der Waals surface area contributed by atoms with Crippen molar-refractivity contribution in [2.24, 2.45) is 17.6 Å². The van der Waals surface area contributed by atoms with Gasteiger partial charge in [-0.05, 0) is 19.3 Å². The lowest BCUT2D eigenvalue weighted by Crippen LogP contribution is -2.51. The molecule has 1 heterocycles. The van der Waals surface area contributed by atoms with Gasteiger partial charge in [0.25, 0.3) is 0 Å². The average Bonchev–Trinajstić information content (AvgIpc) is 2.40. The molecular formula is C11H22N2O3S. The van der Waals surface area contributed by atoms with E-state index in [9.17, 15) is 13.2 Å². The second-order valence-corrected chi connectivity index (χ2v) is 7.66. The first-order valence-electron chi connectivity index (χ1n) is 5.92. The smallest absolute Gasteiger partial charge is 0.225 e. The zero-order valence-electron chi connectivity index (χ0n) is 10.7. The first kappa shape index (κ1) is 14.4. The Hall–Kier alpha value is -0.620. The molecule has 0 saturated carbocycles. The highest BCUT2D eigenvalue weighted by molar-refractivity contribution is 7.91. The molecule has 1 fully saturated rings. The fraction of sp³-hybridized carbons (Fsp3) is 0.909. The second-order valence-electron chi connectivity index (χ2n) is 5.48. The summed E-state index contributed by atoms with van der Waals surface area (Å²) >= 11 is 0. The maximum Gasteiger partial charge on any atom is 0.225 e. The van der Waals surface area contributed by atoms with E-state index in [1.54, 1.807) is 6.92 Å². The minimum absolute atomic E-state index is 0.0289. The first-order valence-corrected chi connectivity index (χ1v) is 7.74. The van der Waals surface area contributed by atoms with Crippen LogP contribution in [0.2, 0.25) is 0 Å². The normalized spacial score (nSPS) is 29.2. The molecule has 3 N–H and O–H groups in total. The lowest BCUT2D eigenvalue weighted by Gasteiger charge is -2.28. The lowest BCUT2D eigenvalue weighted by molar-refractivity contribution is -0.127. The molecule has 1 aliphatic heterocycles. The van der Waals surface area contributed by atoms with Crippen molar-refractivity contribution in [2.45, 2.75) is 32.7 Å². The number of sulfone groups is 1. The van der Waals surface area contributed by atoms with Crippen LogP contribution in [0.4, 0.5) is 0 Å². The van der Waals surface area contributed by atoms with Gasteiger partial charge in [-0.25, -0.2) is 8.42 Å².